The van der Waals surface area contributed by atoms with Crippen LogP contribution in [-0.2, 0) is 14.4 Å². The lowest BCUT2D eigenvalue weighted by Gasteiger charge is -2.34. The molecule has 2 aliphatic rings. The molecule has 1 amide bonds. The van der Waals surface area contributed by atoms with Gasteiger partial charge < -0.3 is 24.3 Å². The predicted molar refractivity (Wildman–Crippen MR) is 92.5 cm³/mol. The molecule has 25 heavy (non-hydrogen) atoms. The summed E-state index contributed by atoms with van der Waals surface area (Å²) in [5, 5.41) is 12.1. The molecule has 2 saturated heterocycles. The number of aliphatic hydroxyl groups excluding tert-OH is 1. The van der Waals surface area contributed by atoms with E-state index >= 15 is 0 Å². The maximum atomic E-state index is 11.8. The number of benzene rings is 1. The second-order valence-electron chi connectivity index (χ2n) is 6.40. The molecule has 0 aromatic heterocycles. The van der Waals surface area contributed by atoms with Gasteiger partial charge in [0.05, 0.1) is 32.5 Å². The molecule has 0 radical (unpaired) electrons. The number of carbonyl (C=O) groups excluding carboxylic acids is 1. The molecule has 2 atom stereocenters. The molecule has 0 saturated carbocycles. The zero-order valence-corrected chi connectivity index (χ0v) is 14.6. The quantitative estimate of drug-likeness (QED) is 0.797. The minimum atomic E-state index is -0.607. The van der Waals surface area contributed by atoms with E-state index in [9.17, 15) is 9.90 Å². The number of carbonyl (C=O) groups is 1. The number of hydroxylamine groups is 2. The van der Waals surface area contributed by atoms with Crippen molar-refractivity contribution in [3.8, 4) is 5.75 Å². The first-order valence-electron chi connectivity index (χ1n) is 8.77. The molecule has 2 aliphatic heterocycles. The summed E-state index contributed by atoms with van der Waals surface area (Å²) in [4.78, 5) is 18.9. The van der Waals surface area contributed by atoms with Gasteiger partial charge >= 0.3 is 0 Å². The molecule has 2 unspecified atom stereocenters. The molecule has 7 nitrogen and oxygen atoms in total. The van der Waals surface area contributed by atoms with Crippen LogP contribution in [0.1, 0.15) is 19.3 Å². The Morgan fingerprint density at radius 2 is 2.12 bits per heavy atom. The fourth-order valence-corrected chi connectivity index (χ4v) is 3.28. The molecule has 2 fully saturated rings. The van der Waals surface area contributed by atoms with E-state index in [1.54, 1.807) is 12.0 Å². The lowest BCUT2D eigenvalue weighted by molar-refractivity contribution is -0.211. The third-order valence-electron chi connectivity index (χ3n) is 4.62. The summed E-state index contributed by atoms with van der Waals surface area (Å²) in [6.07, 6.45) is 1.44. The molecule has 1 aromatic carbocycles. The lowest BCUT2D eigenvalue weighted by Crippen LogP contribution is -2.46. The van der Waals surface area contributed by atoms with Crippen molar-refractivity contribution in [3.63, 3.8) is 0 Å². The number of nitrogens with zero attached hydrogens (tertiary/aromatic N) is 2. The third-order valence-corrected chi connectivity index (χ3v) is 4.62. The average molecular weight is 350 g/mol. The molecule has 7 heteroatoms. The number of hydrogen-bond acceptors (Lipinski definition) is 6. The normalized spacial score (nSPS) is 23.0. The van der Waals surface area contributed by atoms with Crippen LogP contribution in [0.4, 0.5) is 5.69 Å². The summed E-state index contributed by atoms with van der Waals surface area (Å²) in [5.41, 5.74) is 0.894. The second-order valence-corrected chi connectivity index (χ2v) is 6.40. The highest BCUT2D eigenvalue weighted by Crippen LogP contribution is 2.24. The first-order chi connectivity index (χ1) is 12.2. The van der Waals surface area contributed by atoms with Crippen LogP contribution >= 0.6 is 0 Å². The van der Waals surface area contributed by atoms with E-state index in [1.807, 2.05) is 29.3 Å². The third kappa shape index (κ3) is 4.70. The summed E-state index contributed by atoms with van der Waals surface area (Å²) < 4.78 is 11.1. The fourth-order valence-electron chi connectivity index (χ4n) is 3.28. The van der Waals surface area contributed by atoms with E-state index in [4.69, 9.17) is 14.3 Å². The van der Waals surface area contributed by atoms with Crippen molar-refractivity contribution >= 4 is 11.6 Å². The lowest BCUT2D eigenvalue weighted by atomic mass is 10.1. The Kier molecular flexibility index (Phi) is 6.25. The van der Waals surface area contributed by atoms with E-state index in [-0.39, 0.29) is 18.6 Å². The largest absolute Gasteiger partial charge is 0.491 e. The van der Waals surface area contributed by atoms with Crippen LogP contribution < -0.4 is 9.64 Å². The standard InChI is InChI=1S/C18H26N2O5/c1-23-20-9-10-24-12-15(20)11-16(21)13-25-17-6-4-14(5-7-17)19-8-2-3-18(19)22/h4-7,15-16,21H,2-3,8-13H2,1H3. The van der Waals surface area contributed by atoms with Gasteiger partial charge in [-0.15, -0.1) is 0 Å². The average Bonchev–Trinajstić information content (AvgIpc) is 3.07. The number of amides is 1. The summed E-state index contributed by atoms with van der Waals surface area (Å²) in [5.74, 6) is 0.847. The second kappa shape index (κ2) is 8.62. The summed E-state index contributed by atoms with van der Waals surface area (Å²) >= 11 is 0. The minimum Gasteiger partial charge on any atom is -0.491 e. The number of hydrogen-bond donors (Lipinski definition) is 1. The zero-order valence-electron chi connectivity index (χ0n) is 14.6. The molecule has 0 spiro atoms. The molecular formula is C18H26N2O5. The van der Waals surface area contributed by atoms with Crippen LogP contribution in [0, 0.1) is 0 Å². The van der Waals surface area contributed by atoms with Crippen molar-refractivity contribution in [2.75, 3.05) is 44.9 Å². The predicted octanol–water partition coefficient (Wildman–Crippen LogP) is 1.21. The Labute approximate surface area is 148 Å². The van der Waals surface area contributed by atoms with E-state index in [1.165, 1.54) is 0 Å². The van der Waals surface area contributed by atoms with Crippen molar-refractivity contribution in [2.45, 2.75) is 31.4 Å². The van der Waals surface area contributed by atoms with Crippen molar-refractivity contribution in [2.24, 2.45) is 0 Å². The number of aliphatic hydroxyl groups is 1. The van der Waals surface area contributed by atoms with Crippen molar-refractivity contribution < 1.29 is 24.2 Å². The van der Waals surface area contributed by atoms with E-state index < -0.39 is 6.10 Å². The van der Waals surface area contributed by atoms with Crippen molar-refractivity contribution in [1.82, 2.24) is 5.06 Å². The Balaban J connectivity index is 1.47. The highest BCUT2D eigenvalue weighted by molar-refractivity contribution is 5.95. The van der Waals surface area contributed by atoms with Gasteiger partial charge in [-0.3, -0.25) is 4.79 Å². The van der Waals surface area contributed by atoms with E-state index in [2.05, 4.69) is 0 Å². The summed E-state index contributed by atoms with van der Waals surface area (Å²) in [6.45, 7) is 2.87. The molecule has 3 rings (SSSR count). The van der Waals surface area contributed by atoms with Gasteiger partial charge in [-0.1, -0.05) is 0 Å². The number of rotatable bonds is 7. The summed E-state index contributed by atoms with van der Waals surface area (Å²) in [6, 6.07) is 7.46. The molecule has 1 aromatic rings. The van der Waals surface area contributed by atoms with Crippen LogP contribution in [0.3, 0.4) is 0 Å². The van der Waals surface area contributed by atoms with E-state index in [0.29, 0.717) is 38.3 Å². The first-order valence-corrected chi connectivity index (χ1v) is 8.77. The van der Waals surface area contributed by atoms with Crippen molar-refractivity contribution in [3.05, 3.63) is 24.3 Å². The number of ether oxygens (including phenoxy) is 2. The minimum absolute atomic E-state index is 0.0286. The van der Waals surface area contributed by atoms with Gasteiger partial charge in [-0.2, -0.15) is 5.06 Å². The van der Waals surface area contributed by atoms with Gasteiger partial charge in [0.25, 0.3) is 0 Å². The van der Waals surface area contributed by atoms with Gasteiger partial charge in [0, 0.05) is 25.2 Å². The molecule has 1 N–H and O–H groups in total. The van der Waals surface area contributed by atoms with Crippen LogP contribution in [0.2, 0.25) is 0 Å². The highest BCUT2D eigenvalue weighted by atomic mass is 16.7. The molecular weight excluding hydrogens is 324 g/mol. The Morgan fingerprint density at radius 3 is 2.80 bits per heavy atom. The molecule has 2 heterocycles. The van der Waals surface area contributed by atoms with Gasteiger partial charge in [0.2, 0.25) is 5.91 Å². The zero-order chi connectivity index (χ0) is 17.6. The highest BCUT2D eigenvalue weighted by Gasteiger charge is 2.26. The Hall–Kier alpha value is -1.67. The maximum Gasteiger partial charge on any atom is 0.227 e. The smallest absolute Gasteiger partial charge is 0.227 e. The SMILES string of the molecule is CON1CCOCC1CC(O)COc1ccc(N2CCCC2=O)cc1. The van der Waals surface area contributed by atoms with Crippen molar-refractivity contribution in [1.29, 1.82) is 0 Å². The maximum absolute atomic E-state index is 11.8. The van der Waals surface area contributed by atoms with Crippen LogP contribution in [-0.4, -0.2) is 68.2 Å². The van der Waals surface area contributed by atoms with Gasteiger partial charge in [-0.25, -0.2) is 0 Å². The van der Waals surface area contributed by atoms with Gasteiger partial charge in [0.15, 0.2) is 0 Å². The van der Waals surface area contributed by atoms with Crippen LogP contribution in [0.25, 0.3) is 0 Å². The topological polar surface area (TPSA) is 71.5 Å². The van der Waals surface area contributed by atoms with Gasteiger partial charge in [0.1, 0.15) is 12.4 Å². The monoisotopic (exact) mass is 350 g/mol. The molecule has 138 valence electrons. The fraction of sp³-hybridized carbons (Fsp3) is 0.611. The Morgan fingerprint density at radius 1 is 1.32 bits per heavy atom. The van der Waals surface area contributed by atoms with Crippen LogP contribution in [0.5, 0.6) is 5.75 Å². The molecule has 0 aliphatic carbocycles. The molecule has 0 bridgehead atoms. The number of morpholine rings is 1. The summed E-state index contributed by atoms with van der Waals surface area (Å²) in [7, 11) is 1.63. The Bertz CT molecular complexity index is 565. The van der Waals surface area contributed by atoms with Gasteiger partial charge in [-0.05, 0) is 37.1 Å². The number of anilines is 1. The van der Waals surface area contributed by atoms with Crippen LogP contribution in [0.15, 0.2) is 24.3 Å². The van der Waals surface area contributed by atoms with E-state index in [0.717, 1.165) is 18.7 Å². The first kappa shape index (κ1) is 18.1.